The van der Waals surface area contributed by atoms with E-state index in [1.54, 1.807) is 10.8 Å². The van der Waals surface area contributed by atoms with Crippen LogP contribution in [0.25, 0.3) is 21.4 Å². The Hall–Kier alpha value is -3.25. The SMILES string of the molecule is Cc1cc(NC(=O)/C=C/c2ccccc2)n(-c2nc3ccccc3s2)n1. The maximum Gasteiger partial charge on any atom is 0.249 e. The predicted molar refractivity (Wildman–Crippen MR) is 106 cm³/mol. The Kier molecular flexibility index (Phi) is 4.33. The van der Waals surface area contributed by atoms with Crippen LogP contribution >= 0.6 is 11.3 Å². The zero-order valence-electron chi connectivity index (χ0n) is 14.1. The number of aromatic nitrogens is 3. The summed E-state index contributed by atoms with van der Waals surface area (Å²) in [6, 6.07) is 19.5. The molecule has 0 saturated heterocycles. The molecule has 4 aromatic rings. The van der Waals surface area contributed by atoms with E-state index in [9.17, 15) is 4.79 Å². The minimum atomic E-state index is -0.212. The summed E-state index contributed by atoms with van der Waals surface area (Å²) in [5, 5.41) is 8.08. The molecule has 0 aliphatic carbocycles. The van der Waals surface area contributed by atoms with E-state index in [1.807, 2.05) is 67.6 Å². The van der Waals surface area contributed by atoms with Gasteiger partial charge in [-0.3, -0.25) is 4.79 Å². The normalized spacial score (nSPS) is 11.3. The number of anilines is 1. The van der Waals surface area contributed by atoms with Crippen molar-refractivity contribution < 1.29 is 4.79 Å². The van der Waals surface area contributed by atoms with Crippen LogP contribution in [0.1, 0.15) is 11.3 Å². The number of hydrogen-bond acceptors (Lipinski definition) is 4. The summed E-state index contributed by atoms with van der Waals surface area (Å²) in [6.07, 6.45) is 3.29. The fourth-order valence-corrected chi connectivity index (χ4v) is 3.52. The Balaban J connectivity index is 1.59. The first-order chi connectivity index (χ1) is 12.7. The number of aryl methyl sites for hydroxylation is 1. The fourth-order valence-electron chi connectivity index (χ4n) is 2.59. The van der Waals surface area contributed by atoms with Crippen LogP contribution in [0.3, 0.4) is 0 Å². The standard InChI is InChI=1S/C20H16N4OS/c1-14-13-18(22-19(25)12-11-15-7-3-2-4-8-15)24(23-14)20-21-16-9-5-6-10-17(16)26-20/h2-13H,1H3,(H,22,25)/b12-11+. The number of para-hydroxylation sites is 1. The van der Waals surface area contributed by atoms with Gasteiger partial charge in [-0.2, -0.15) is 9.78 Å². The molecule has 2 aromatic carbocycles. The van der Waals surface area contributed by atoms with Crippen molar-refractivity contribution in [2.75, 3.05) is 5.32 Å². The van der Waals surface area contributed by atoms with E-state index in [4.69, 9.17) is 0 Å². The summed E-state index contributed by atoms with van der Waals surface area (Å²) in [5.41, 5.74) is 2.70. The van der Waals surface area contributed by atoms with Gasteiger partial charge in [-0.25, -0.2) is 4.98 Å². The van der Waals surface area contributed by atoms with E-state index >= 15 is 0 Å². The van der Waals surface area contributed by atoms with E-state index in [2.05, 4.69) is 15.4 Å². The van der Waals surface area contributed by atoms with Crippen LogP contribution < -0.4 is 5.32 Å². The molecule has 0 fully saturated rings. The van der Waals surface area contributed by atoms with Crippen molar-refractivity contribution in [3.05, 3.63) is 78.0 Å². The van der Waals surface area contributed by atoms with Crippen molar-refractivity contribution in [3.8, 4) is 5.13 Å². The molecule has 0 bridgehead atoms. The third-order valence-electron chi connectivity index (χ3n) is 3.77. The zero-order valence-corrected chi connectivity index (χ0v) is 14.9. The third-order valence-corrected chi connectivity index (χ3v) is 4.79. The van der Waals surface area contributed by atoms with E-state index in [0.717, 1.165) is 26.6 Å². The molecule has 1 N–H and O–H groups in total. The van der Waals surface area contributed by atoms with E-state index in [-0.39, 0.29) is 5.91 Å². The van der Waals surface area contributed by atoms with E-state index < -0.39 is 0 Å². The van der Waals surface area contributed by atoms with Crippen molar-refractivity contribution in [2.45, 2.75) is 6.92 Å². The van der Waals surface area contributed by atoms with Crippen LogP contribution in [0.5, 0.6) is 0 Å². The number of thiazole rings is 1. The largest absolute Gasteiger partial charge is 0.307 e. The van der Waals surface area contributed by atoms with Crippen molar-refractivity contribution >= 4 is 39.4 Å². The second-order valence-corrected chi connectivity index (χ2v) is 6.79. The van der Waals surface area contributed by atoms with Gasteiger partial charge in [0.2, 0.25) is 11.0 Å². The molecule has 0 aliphatic rings. The minimum absolute atomic E-state index is 0.212. The van der Waals surface area contributed by atoms with Crippen molar-refractivity contribution in [2.24, 2.45) is 0 Å². The molecule has 0 unspecified atom stereocenters. The summed E-state index contributed by atoms with van der Waals surface area (Å²) in [7, 11) is 0. The Morgan fingerprint density at radius 3 is 2.69 bits per heavy atom. The van der Waals surface area contributed by atoms with Crippen LogP contribution in [0.4, 0.5) is 5.82 Å². The molecule has 0 radical (unpaired) electrons. The van der Waals surface area contributed by atoms with Crippen molar-refractivity contribution in [1.29, 1.82) is 0 Å². The van der Waals surface area contributed by atoms with E-state index in [1.165, 1.54) is 17.4 Å². The number of benzene rings is 2. The molecule has 2 aromatic heterocycles. The highest BCUT2D eigenvalue weighted by atomic mass is 32.1. The maximum atomic E-state index is 12.3. The monoisotopic (exact) mass is 360 g/mol. The van der Waals surface area contributed by atoms with Gasteiger partial charge in [0.1, 0.15) is 5.82 Å². The summed E-state index contributed by atoms with van der Waals surface area (Å²) in [4.78, 5) is 16.9. The lowest BCUT2D eigenvalue weighted by Gasteiger charge is -2.04. The molecule has 1 amide bonds. The third kappa shape index (κ3) is 3.41. The molecule has 5 nitrogen and oxygen atoms in total. The molecular weight excluding hydrogens is 344 g/mol. The highest BCUT2D eigenvalue weighted by Gasteiger charge is 2.13. The second kappa shape index (κ2) is 6.93. The topological polar surface area (TPSA) is 59.8 Å². The first-order valence-corrected chi connectivity index (χ1v) is 8.97. The lowest BCUT2D eigenvalue weighted by molar-refractivity contribution is -0.111. The molecule has 2 heterocycles. The fraction of sp³-hybridized carbons (Fsp3) is 0.0500. The number of carbonyl (C=O) groups excluding carboxylic acids is 1. The molecule has 26 heavy (non-hydrogen) atoms. The van der Waals surface area contributed by atoms with Gasteiger partial charge in [0.25, 0.3) is 0 Å². The number of amides is 1. The maximum absolute atomic E-state index is 12.3. The Morgan fingerprint density at radius 2 is 1.88 bits per heavy atom. The quantitative estimate of drug-likeness (QED) is 0.547. The first kappa shape index (κ1) is 16.2. The van der Waals surface area contributed by atoms with Gasteiger partial charge in [0, 0.05) is 12.1 Å². The van der Waals surface area contributed by atoms with Gasteiger partial charge in [-0.05, 0) is 30.7 Å². The molecule has 0 atom stereocenters. The second-order valence-electron chi connectivity index (χ2n) is 5.78. The van der Waals surface area contributed by atoms with Crippen molar-refractivity contribution in [3.63, 3.8) is 0 Å². The van der Waals surface area contributed by atoms with Crippen molar-refractivity contribution in [1.82, 2.24) is 14.8 Å². The number of fused-ring (bicyclic) bond motifs is 1. The van der Waals surface area contributed by atoms with Gasteiger partial charge in [0.15, 0.2) is 0 Å². The van der Waals surface area contributed by atoms with Crippen LogP contribution in [0, 0.1) is 6.92 Å². The molecule has 4 rings (SSSR count). The molecular formula is C20H16N4OS. The average Bonchev–Trinajstić information content (AvgIpc) is 3.24. The van der Waals surface area contributed by atoms with Gasteiger partial charge in [-0.15, -0.1) is 0 Å². The summed E-state index contributed by atoms with van der Waals surface area (Å²) in [6.45, 7) is 1.89. The number of hydrogen-bond donors (Lipinski definition) is 1. The van der Waals surface area contributed by atoms with Gasteiger partial charge in [0.05, 0.1) is 15.9 Å². The minimum Gasteiger partial charge on any atom is -0.307 e. The molecule has 128 valence electrons. The van der Waals surface area contributed by atoms with Gasteiger partial charge >= 0.3 is 0 Å². The van der Waals surface area contributed by atoms with Crippen LogP contribution in [-0.4, -0.2) is 20.7 Å². The van der Waals surface area contributed by atoms with Crippen LogP contribution in [0.2, 0.25) is 0 Å². The lowest BCUT2D eigenvalue weighted by atomic mass is 10.2. The highest BCUT2D eigenvalue weighted by molar-refractivity contribution is 7.20. The zero-order chi connectivity index (χ0) is 17.9. The lowest BCUT2D eigenvalue weighted by Crippen LogP contribution is -2.12. The molecule has 0 aliphatic heterocycles. The number of nitrogens with one attached hydrogen (secondary N) is 1. The molecule has 6 heteroatoms. The summed E-state index contributed by atoms with van der Waals surface area (Å²) in [5.74, 6) is 0.389. The Labute approximate surface area is 154 Å². The van der Waals surface area contributed by atoms with Crippen LogP contribution in [-0.2, 0) is 4.79 Å². The van der Waals surface area contributed by atoms with E-state index in [0.29, 0.717) is 5.82 Å². The Morgan fingerprint density at radius 1 is 1.12 bits per heavy atom. The van der Waals surface area contributed by atoms with Gasteiger partial charge < -0.3 is 5.32 Å². The molecule has 0 spiro atoms. The predicted octanol–water partition coefficient (Wildman–Crippen LogP) is 4.44. The first-order valence-electron chi connectivity index (χ1n) is 8.16. The summed E-state index contributed by atoms with van der Waals surface area (Å²) < 4.78 is 2.76. The Bertz CT molecular complexity index is 1060. The number of rotatable bonds is 4. The number of nitrogens with zero attached hydrogens (tertiary/aromatic N) is 3. The smallest absolute Gasteiger partial charge is 0.249 e. The van der Waals surface area contributed by atoms with Crippen LogP contribution in [0.15, 0.2) is 66.7 Å². The summed E-state index contributed by atoms with van der Waals surface area (Å²) >= 11 is 1.54. The average molecular weight is 360 g/mol. The number of carbonyl (C=O) groups is 1. The van der Waals surface area contributed by atoms with Gasteiger partial charge in [-0.1, -0.05) is 53.8 Å². The molecule has 0 saturated carbocycles. The highest BCUT2D eigenvalue weighted by Crippen LogP contribution is 2.27.